The molecule has 0 fully saturated rings. The van der Waals surface area contributed by atoms with E-state index in [9.17, 15) is 14.0 Å². The number of aromatic nitrogens is 1. The van der Waals surface area contributed by atoms with Crippen molar-refractivity contribution in [1.82, 2.24) is 10.3 Å². The Morgan fingerprint density at radius 3 is 2.41 bits per heavy atom. The molecule has 29 heavy (non-hydrogen) atoms. The lowest BCUT2D eigenvalue weighted by molar-refractivity contribution is 0.0946. The third kappa shape index (κ3) is 4.16. The Kier molecular flexibility index (Phi) is 5.07. The third-order valence-corrected chi connectivity index (χ3v) is 4.54. The highest BCUT2D eigenvalue weighted by molar-refractivity contribution is 6.05. The van der Waals surface area contributed by atoms with Crippen molar-refractivity contribution in [3.05, 3.63) is 102 Å². The number of carbonyl (C=O) groups excluding carboxylic acids is 2. The van der Waals surface area contributed by atoms with Crippen LogP contribution in [0.4, 0.5) is 10.1 Å². The smallest absolute Gasteiger partial charge is 0.267 e. The zero-order valence-electron chi connectivity index (χ0n) is 15.4. The minimum Gasteiger partial charge on any atom is -0.351 e. The molecule has 3 aromatic carbocycles. The van der Waals surface area contributed by atoms with Gasteiger partial charge in [0.2, 0.25) is 0 Å². The molecule has 0 bridgehead atoms. The number of hydrogen-bond donors (Lipinski definition) is 3. The second-order valence-corrected chi connectivity index (χ2v) is 6.59. The Morgan fingerprint density at radius 1 is 0.862 bits per heavy atom. The lowest BCUT2D eigenvalue weighted by Crippen LogP contribution is -2.22. The Hall–Kier alpha value is -3.93. The maximum absolute atomic E-state index is 13.8. The van der Waals surface area contributed by atoms with E-state index < -0.39 is 11.7 Å². The Balaban J connectivity index is 1.48. The van der Waals surface area contributed by atoms with Gasteiger partial charge in [0.15, 0.2) is 0 Å². The number of amides is 2. The van der Waals surface area contributed by atoms with E-state index in [4.69, 9.17) is 0 Å². The number of fused-ring (bicyclic) bond motifs is 1. The Labute approximate surface area is 166 Å². The van der Waals surface area contributed by atoms with Crippen LogP contribution in [0.15, 0.2) is 78.9 Å². The fourth-order valence-electron chi connectivity index (χ4n) is 3.05. The second kappa shape index (κ2) is 7.98. The fraction of sp³-hybridized carbons (Fsp3) is 0.0435. The minimum absolute atomic E-state index is 0.0253. The Morgan fingerprint density at radius 2 is 1.62 bits per heavy atom. The number of carbonyl (C=O) groups is 2. The lowest BCUT2D eigenvalue weighted by Gasteiger charge is -2.06. The number of anilines is 1. The fourth-order valence-corrected chi connectivity index (χ4v) is 3.05. The van der Waals surface area contributed by atoms with Gasteiger partial charge in [0.1, 0.15) is 11.5 Å². The summed E-state index contributed by atoms with van der Waals surface area (Å²) in [7, 11) is 0. The quantitative estimate of drug-likeness (QED) is 0.472. The van der Waals surface area contributed by atoms with E-state index in [-0.39, 0.29) is 11.5 Å². The SMILES string of the molecule is O=C(NCc1ccccc1)c1cc2cc(NC(=O)c3ccccc3F)ccc2[nH]1. The topological polar surface area (TPSA) is 74.0 Å². The van der Waals surface area contributed by atoms with Gasteiger partial charge in [-0.1, -0.05) is 42.5 Å². The normalized spacial score (nSPS) is 10.7. The van der Waals surface area contributed by atoms with Gasteiger partial charge < -0.3 is 15.6 Å². The predicted molar refractivity (Wildman–Crippen MR) is 110 cm³/mol. The Bertz CT molecular complexity index is 1190. The van der Waals surface area contributed by atoms with Crippen molar-refractivity contribution < 1.29 is 14.0 Å². The molecule has 0 saturated carbocycles. The number of rotatable bonds is 5. The molecule has 4 aromatic rings. The zero-order valence-corrected chi connectivity index (χ0v) is 15.4. The van der Waals surface area contributed by atoms with Gasteiger partial charge in [-0.15, -0.1) is 0 Å². The van der Waals surface area contributed by atoms with E-state index in [1.54, 1.807) is 30.3 Å². The van der Waals surface area contributed by atoms with Gasteiger partial charge >= 0.3 is 0 Å². The average molecular weight is 387 g/mol. The van der Waals surface area contributed by atoms with Crippen LogP contribution in [0.3, 0.4) is 0 Å². The first kappa shape index (κ1) is 18.4. The third-order valence-electron chi connectivity index (χ3n) is 4.54. The van der Waals surface area contributed by atoms with Crippen LogP contribution in [0.2, 0.25) is 0 Å². The standard InChI is InChI=1S/C23H18FN3O2/c24-19-9-5-4-8-18(19)22(28)26-17-10-11-20-16(12-17)13-21(27-20)23(29)25-14-15-6-2-1-3-7-15/h1-13,27H,14H2,(H,25,29)(H,26,28). The van der Waals surface area contributed by atoms with E-state index in [0.29, 0.717) is 17.9 Å². The van der Waals surface area contributed by atoms with Gasteiger partial charge in [0, 0.05) is 23.1 Å². The van der Waals surface area contributed by atoms with Crippen LogP contribution in [0.5, 0.6) is 0 Å². The molecular formula is C23H18FN3O2. The highest BCUT2D eigenvalue weighted by Gasteiger charge is 2.13. The monoisotopic (exact) mass is 387 g/mol. The summed E-state index contributed by atoms with van der Waals surface area (Å²) in [5.41, 5.74) is 2.69. The van der Waals surface area contributed by atoms with Crippen LogP contribution in [0.1, 0.15) is 26.4 Å². The molecule has 144 valence electrons. The molecule has 5 nitrogen and oxygen atoms in total. The van der Waals surface area contributed by atoms with E-state index in [0.717, 1.165) is 16.5 Å². The lowest BCUT2D eigenvalue weighted by atomic mass is 10.2. The molecule has 0 saturated heterocycles. The van der Waals surface area contributed by atoms with Crippen LogP contribution >= 0.6 is 0 Å². The molecular weight excluding hydrogens is 369 g/mol. The van der Waals surface area contributed by atoms with E-state index in [1.165, 1.54) is 18.2 Å². The zero-order chi connectivity index (χ0) is 20.2. The average Bonchev–Trinajstić information content (AvgIpc) is 3.16. The van der Waals surface area contributed by atoms with Gasteiger partial charge in [-0.2, -0.15) is 0 Å². The van der Waals surface area contributed by atoms with Crippen molar-refractivity contribution in [3.8, 4) is 0 Å². The number of nitrogens with one attached hydrogen (secondary N) is 3. The molecule has 0 atom stereocenters. The van der Waals surface area contributed by atoms with Crippen molar-refractivity contribution in [2.45, 2.75) is 6.54 Å². The van der Waals surface area contributed by atoms with Gasteiger partial charge in [-0.3, -0.25) is 9.59 Å². The molecule has 3 N–H and O–H groups in total. The summed E-state index contributed by atoms with van der Waals surface area (Å²) in [5.74, 6) is -1.33. The maximum Gasteiger partial charge on any atom is 0.267 e. The molecule has 0 aliphatic rings. The molecule has 0 aliphatic heterocycles. The second-order valence-electron chi connectivity index (χ2n) is 6.59. The van der Waals surface area contributed by atoms with Crippen LogP contribution < -0.4 is 10.6 Å². The molecule has 2 amide bonds. The van der Waals surface area contributed by atoms with Gasteiger partial charge in [0.25, 0.3) is 11.8 Å². The molecule has 0 unspecified atom stereocenters. The molecule has 4 rings (SSSR count). The van der Waals surface area contributed by atoms with Crippen LogP contribution in [-0.2, 0) is 6.54 Å². The maximum atomic E-state index is 13.8. The molecule has 1 aromatic heterocycles. The van der Waals surface area contributed by atoms with Crippen molar-refractivity contribution in [2.75, 3.05) is 5.32 Å². The first-order chi connectivity index (χ1) is 14.1. The molecule has 1 heterocycles. The molecule has 6 heteroatoms. The van der Waals surface area contributed by atoms with Crippen LogP contribution in [0, 0.1) is 5.82 Å². The summed E-state index contributed by atoms with van der Waals surface area (Å²) in [6, 6.07) is 22.4. The van der Waals surface area contributed by atoms with E-state index >= 15 is 0 Å². The van der Waals surface area contributed by atoms with E-state index in [2.05, 4.69) is 15.6 Å². The highest BCUT2D eigenvalue weighted by atomic mass is 19.1. The summed E-state index contributed by atoms with van der Waals surface area (Å²) in [4.78, 5) is 27.8. The van der Waals surface area contributed by atoms with Crippen molar-refractivity contribution in [1.29, 1.82) is 0 Å². The molecule has 0 spiro atoms. The summed E-state index contributed by atoms with van der Waals surface area (Å²) in [6.45, 7) is 0.430. The summed E-state index contributed by atoms with van der Waals surface area (Å²) in [5, 5.41) is 6.32. The first-order valence-electron chi connectivity index (χ1n) is 9.11. The largest absolute Gasteiger partial charge is 0.351 e. The van der Waals surface area contributed by atoms with Gasteiger partial charge in [-0.05, 0) is 42.0 Å². The minimum atomic E-state index is -0.579. The highest BCUT2D eigenvalue weighted by Crippen LogP contribution is 2.21. The summed E-state index contributed by atoms with van der Waals surface area (Å²) in [6.07, 6.45) is 0. The van der Waals surface area contributed by atoms with Crippen molar-refractivity contribution in [2.24, 2.45) is 0 Å². The van der Waals surface area contributed by atoms with Gasteiger partial charge in [-0.25, -0.2) is 4.39 Å². The summed E-state index contributed by atoms with van der Waals surface area (Å²) >= 11 is 0. The molecule has 0 aliphatic carbocycles. The predicted octanol–water partition coefficient (Wildman–Crippen LogP) is 4.49. The van der Waals surface area contributed by atoms with Crippen molar-refractivity contribution in [3.63, 3.8) is 0 Å². The van der Waals surface area contributed by atoms with Crippen LogP contribution in [0.25, 0.3) is 10.9 Å². The molecule has 0 radical (unpaired) electrons. The summed E-state index contributed by atoms with van der Waals surface area (Å²) < 4.78 is 13.8. The number of benzene rings is 3. The first-order valence-corrected chi connectivity index (χ1v) is 9.11. The van der Waals surface area contributed by atoms with Gasteiger partial charge in [0.05, 0.1) is 5.56 Å². The van der Waals surface area contributed by atoms with Crippen LogP contribution in [-0.4, -0.2) is 16.8 Å². The number of halogens is 1. The number of H-pyrrole nitrogens is 1. The number of aromatic amines is 1. The van der Waals surface area contributed by atoms with Crippen molar-refractivity contribution >= 4 is 28.4 Å². The van der Waals surface area contributed by atoms with E-state index in [1.807, 2.05) is 30.3 Å². The number of hydrogen-bond acceptors (Lipinski definition) is 2.